The number of nitrogens with zero attached hydrogens (tertiary/aromatic N) is 4. The van der Waals surface area contributed by atoms with Crippen LogP contribution in [0.4, 0.5) is 0 Å². The van der Waals surface area contributed by atoms with Crippen LogP contribution in [0.15, 0.2) is 65.3 Å². The lowest BCUT2D eigenvalue weighted by Gasteiger charge is -2.35. The molecule has 1 fully saturated rings. The van der Waals surface area contributed by atoms with Gasteiger partial charge in [-0.2, -0.15) is 5.26 Å². The van der Waals surface area contributed by atoms with E-state index in [9.17, 15) is 0 Å². The third-order valence-electron chi connectivity index (χ3n) is 7.38. The number of hydrogen-bond donors (Lipinski definition) is 0. The van der Waals surface area contributed by atoms with Crippen molar-refractivity contribution in [2.24, 2.45) is 4.99 Å². The largest absolute Gasteiger partial charge is 0.371 e. The maximum atomic E-state index is 9.04. The second-order valence-corrected chi connectivity index (χ2v) is 9.88. The highest BCUT2D eigenvalue weighted by Gasteiger charge is 2.22. The zero-order valence-electron chi connectivity index (χ0n) is 21.1. The highest BCUT2D eigenvalue weighted by atomic mass is 15.1. The lowest BCUT2D eigenvalue weighted by atomic mass is 9.88. The topological polar surface area (TPSA) is 42.6 Å². The fraction of sp³-hybridized carbons (Fsp3) is 0.400. The monoisotopic (exact) mass is 452 g/mol. The second-order valence-electron chi connectivity index (χ2n) is 9.88. The number of likely N-dealkylation sites (tertiary alicyclic amines) is 1. The van der Waals surface area contributed by atoms with Crippen molar-refractivity contribution in [3.8, 4) is 6.07 Å². The number of aryl methyl sites for hydroxylation is 1. The van der Waals surface area contributed by atoms with Crippen molar-refractivity contribution >= 4 is 11.4 Å². The first-order valence-corrected chi connectivity index (χ1v) is 12.3. The quantitative estimate of drug-likeness (QED) is 0.512. The lowest BCUT2D eigenvalue weighted by Crippen LogP contribution is -2.31. The summed E-state index contributed by atoms with van der Waals surface area (Å²) in [6.07, 6.45) is 3.22. The average Bonchev–Trinajstić information content (AvgIpc) is 2.85. The lowest BCUT2D eigenvalue weighted by molar-refractivity contribution is 0.299. The molecule has 0 saturated carbocycles. The fourth-order valence-electron chi connectivity index (χ4n) is 5.19. The molecule has 2 aliphatic rings. The summed E-state index contributed by atoms with van der Waals surface area (Å²) in [5.74, 6) is 0.547. The van der Waals surface area contributed by atoms with Gasteiger partial charge in [0.15, 0.2) is 0 Å². The van der Waals surface area contributed by atoms with Crippen LogP contribution in [0.2, 0.25) is 0 Å². The van der Waals surface area contributed by atoms with Crippen molar-refractivity contribution in [1.82, 2.24) is 9.80 Å². The molecule has 0 aliphatic carbocycles. The van der Waals surface area contributed by atoms with Crippen LogP contribution in [0.5, 0.6) is 0 Å². The average molecular weight is 453 g/mol. The van der Waals surface area contributed by atoms with E-state index in [-0.39, 0.29) is 0 Å². The second kappa shape index (κ2) is 10.4. The van der Waals surface area contributed by atoms with Gasteiger partial charge in [-0.3, -0.25) is 4.99 Å². The van der Waals surface area contributed by atoms with Crippen LogP contribution in [0.25, 0.3) is 5.70 Å². The van der Waals surface area contributed by atoms with Crippen molar-refractivity contribution in [1.29, 1.82) is 5.26 Å². The van der Waals surface area contributed by atoms with Crippen LogP contribution in [0, 0.1) is 18.3 Å². The van der Waals surface area contributed by atoms with Crippen LogP contribution in [0.1, 0.15) is 66.8 Å². The van der Waals surface area contributed by atoms with Gasteiger partial charge in [-0.25, -0.2) is 0 Å². The third kappa shape index (κ3) is 5.32. The molecule has 1 saturated heterocycles. The van der Waals surface area contributed by atoms with Gasteiger partial charge in [0, 0.05) is 49.7 Å². The Balaban J connectivity index is 1.46. The first-order valence-electron chi connectivity index (χ1n) is 12.3. The maximum absolute atomic E-state index is 9.04. The van der Waals surface area contributed by atoms with Gasteiger partial charge in [0.2, 0.25) is 0 Å². The van der Waals surface area contributed by atoms with Crippen LogP contribution in [-0.2, 0) is 0 Å². The Morgan fingerprint density at radius 2 is 1.76 bits per heavy atom. The minimum Gasteiger partial charge on any atom is -0.371 e. The van der Waals surface area contributed by atoms with Gasteiger partial charge in [0.05, 0.1) is 11.6 Å². The van der Waals surface area contributed by atoms with E-state index < -0.39 is 0 Å². The Hall–Kier alpha value is -3.16. The summed E-state index contributed by atoms with van der Waals surface area (Å²) in [5, 5.41) is 9.04. The minimum absolute atomic E-state index is 0.547. The molecule has 2 aromatic rings. The van der Waals surface area contributed by atoms with Crippen LogP contribution in [0.3, 0.4) is 0 Å². The standard InChI is InChI=1S/C30H36N4/c1-21-6-9-28(18-29(21)23(3)32-30-14-15-33(5)20-22(30)2)24(4)34-16-12-27(13-17-34)26-10-7-25(19-31)8-11-26/h6-11,18,27H,4,12-17,20H2,1-3,5H3/b32-23+. The van der Waals surface area contributed by atoms with Gasteiger partial charge in [0.1, 0.15) is 0 Å². The molecule has 0 radical (unpaired) electrons. The highest BCUT2D eigenvalue weighted by molar-refractivity contribution is 6.01. The SMILES string of the molecule is C=C(c1ccc(C)c(/C(C)=N/C2=C(C)CN(C)CC2)c1)N1CCC(c2ccc(C#N)cc2)CC1. The number of rotatable bonds is 5. The Bertz CT molecular complexity index is 1160. The molecular formula is C30H36N4. The smallest absolute Gasteiger partial charge is 0.0991 e. The molecule has 2 aromatic carbocycles. The van der Waals surface area contributed by atoms with Gasteiger partial charge < -0.3 is 9.80 Å². The Morgan fingerprint density at radius 3 is 2.41 bits per heavy atom. The molecule has 176 valence electrons. The van der Waals surface area contributed by atoms with Crippen molar-refractivity contribution in [2.45, 2.75) is 46.0 Å². The zero-order valence-corrected chi connectivity index (χ0v) is 21.1. The summed E-state index contributed by atoms with van der Waals surface area (Å²) in [6, 6.07) is 17.0. The number of piperidine rings is 1. The van der Waals surface area contributed by atoms with E-state index in [0.717, 1.165) is 62.4 Å². The summed E-state index contributed by atoms with van der Waals surface area (Å²) >= 11 is 0. The normalized spacial score (nSPS) is 18.2. The zero-order chi connectivity index (χ0) is 24.2. The summed E-state index contributed by atoms with van der Waals surface area (Å²) < 4.78 is 0. The van der Waals surface area contributed by atoms with Crippen molar-refractivity contribution in [3.63, 3.8) is 0 Å². The molecule has 4 heteroatoms. The molecule has 0 N–H and O–H groups in total. The Morgan fingerprint density at radius 1 is 1.06 bits per heavy atom. The molecule has 34 heavy (non-hydrogen) atoms. The molecule has 0 atom stereocenters. The van der Waals surface area contributed by atoms with Gasteiger partial charge >= 0.3 is 0 Å². The summed E-state index contributed by atoms with van der Waals surface area (Å²) in [4.78, 5) is 9.83. The molecule has 0 spiro atoms. The van der Waals surface area contributed by atoms with Gasteiger partial charge in [-0.15, -0.1) is 0 Å². The van der Waals surface area contributed by atoms with E-state index in [2.05, 4.69) is 80.6 Å². The summed E-state index contributed by atoms with van der Waals surface area (Å²) in [6.45, 7) is 15.0. The molecule has 2 aliphatic heterocycles. The van der Waals surface area contributed by atoms with E-state index in [1.54, 1.807) is 0 Å². The molecular weight excluding hydrogens is 416 g/mol. The van der Waals surface area contributed by atoms with E-state index in [4.69, 9.17) is 10.3 Å². The van der Waals surface area contributed by atoms with E-state index in [1.165, 1.54) is 33.5 Å². The van der Waals surface area contributed by atoms with Gasteiger partial charge in [-0.05, 0) is 92.6 Å². The van der Waals surface area contributed by atoms with Crippen molar-refractivity contribution < 1.29 is 0 Å². The molecule has 2 heterocycles. The van der Waals surface area contributed by atoms with Crippen molar-refractivity contribution in [3.05, 3.63) is 88.1 Å². The Labute approximate surface area is 204 Å². The first-order chi connectivity index (χ1) is 16.4. The summed E-state index contributed by atoms with van der Waals surface area (Å²) in [7, 11) is 2.17. The molecule has 0 unspecified atom stereocenters. The van der Waals surface area contributed by atoms with Gasteiger partial charge in [-0.1, -0.05) is 30.8 Å². The third-order valence-corrected chi connectivity index (χ3v) is 7.38. The fourth-order valence-corrected chi connectivity index (χ4v) is 5.19. The maximum Gasteiger partial charge on any atom is 0.0991 e. The number of aliphatic imine (C=N–C) groups is 1. The van der Waals surface area contributed by atoms with Crippen LogP contribution in [-0.4, -0.2) is 48.7 Å². The number of nitriles is 1. The van der Waals surface area contributed by atoms with Crippen molar-refractivity contribution in [2.75, 3.05) is 33.2 Å². The molecule has 0 amide bonds. The summed E-state index contributed by atoms with van der Waals surface area (Å²) in [5.41, 5.74) is 10.5. The minimum atomic E-state index is 0.547. The van der Waals surface area contributed by atoms with E-state index in [0.29, 0.717) is 5.92 Å². The molecule has 4 nitrogen and oxygen atoms in total. The molecule has 0 aromatic heterocycles. The molecule has 0 bridgehead atoms. The number of likely N-dealkylation sites (N-methyl/N-ethyl adjacent to an activating group) is 1. The highest BCUT2D eigenvalue weighted by Crippen LogP contribution is 2.32. The first kappa shape index (κ1) is 24.0. The number of benzene rings is 2. The van der Waals surface area contributed by atoms with E-state index in [1.807, 2.05) is 12.1 Å². The number of hydrogen-bond acceptors (Lipinski definition) is 4. The van der Waals surface area contributed by atoms with Crippen LogP contribution < -0.4 is 0 Å². The van der Waals surface area contributed by atoms with E-state index >= 15 is 0 Å². The van der Waals surface area contributed by atoms with Crippen LogP contribution >= 0.6 is 0 Å². The Kier molecular flexibility index (Phi) is 7.34. The predicted molar refractivity (Wildman–Crippen MR) is 142 cm³/mol. The van der Waals surface area contributed by atoms with Gasteiger partial charge in [0.25, 0.3) is 0 Å². The molecule has 4 rings (SSSR count). The predicted octanol–water partition coefficient (Wildman–Crippen LogP) is 6.14.